The van der Waals surface area contributed by atoms with Gasteiger partial charge in [-0.25, -0.2) is 0 Å². The Morgan fingerprint density at radius 1 is 1.35 bits per heavy atom. The number of carbonyl (C=O) groups is 1. The molecule has 0 spiro atoms. The van der Waals surface area contributed by atoms with E-state index in [0.717, 1.165) is 5.39 Å². The van der Waals surface area contributed by atoms with Crippen molar-refractivity contribution in [2.24, 2.45) is 7.05 Å². The third-order valence-corrected chi connectivity index (χ3v) is 4.02. The summed E-state index contributed by atoms with van der Waals surface area (Å²) >= 11 is 0. The topological polar surface area (TPSA) is 73.4 Å². The van der Waals surface area contributed by atoms with E-state index in [2.05, 4.69) is 10.2 Å². The van der Waals surface area contributed by atoms with Crippen molar-refractivity contribution in [3.05, 3.63) is 48.2 Å². The molecule has 1 aliphatic heterocycles. The van der Waals surface area contributed by atoms with Gasteiger partial charge in [-0.1, -0.05) is 18.2 Å². The Labute approximate surface area is 132 Å². The highest BCUT2D eigenvalue weighted by Crippen LogP contribution is 2.24. The average Bonchev–Trinajstić information content (AvgIpc) is 3.20. The molecule has 3 aromatic rings. The molecule has 1 fully saturated rings. The first kappa shape index (κ1) is 14.0. The lowest BCUT2D eigenvalue weighted by atomic mass is 10.2. The molecular weight excluding hydrogens is 296 g/mol. The highest BCUT2D eigenvalue weighted by atomic mass is 16.5. The maximum absolute atomic E-state index is 12.7. The molecule has 118 valence electrons. The van der Waals surface area contributed by atoms with Gasteiger partial charge in [0.15, 0.2) is 11.6 Å². The first-order valence-corrected chi connectivity index (χ1v) is 7.46. The minimum absolute atomic E-state index is 0.128. The molecule has 1 aromatic carbocycles. The van der Waals surface area contributed by atoms with E-state index in [1.165, 1.54) is 0 Å². The van der Waals surface area contributed by atoms with E-state index in [1.54, 1.807) is 21.9 Å². The van der Waals surface area contributed by atoms with Crippen molar-refractivity contribution in [3.63, 3.8) is 0 Å². The summed E-state index contributed by atoms with van der Waals surface area (Å²) in [6.45, 7) is 1.43. The summed E-state index contributed by atoms with van der Waals surface area (Å²) in [7, 11) is 1.86. The zero-order valence-electron chi connectivity index (χ0n) is 12.7. The van der Waals surface area contributed by atoms with Crippen LogP contribution in [-0.4, -0.2) is 45.3 Å². The van der Waals surface area contributed by atoms with Crippen LogP contribution in [0.4, 0.5) is 0 Å². The predicted molar refractivity (Wildman–Crippen MR) is 81.8 cm³/mol. The number of hydrogen-bond donors (Lipinski definition) is 0. The summed E-state index contributed by atoms with van der Waals surface area (Å²) in [5, 5.41) is 8.86. The molecule has 1 saturated heterocycles. The van der Waals surface area contributed by atoms with Gasteiger partial charge in [-0.3, -0.25) is 4.79 Å². The van der Waals surface area contributed by atoms with Crippen LogP contribution in [0.25, 0.3) is 11.0 Å². The largest absolute Gasteiger partial charge is 0.451 e. The van der Waals surface area contributed by atoms with Gasteiger partial charge in [-0.2, -0.15) is 0 Å². The number of furan rings is 1. The number of amides is 1. The summed E-state index contributed by atoms with van der Waals surface area (Å²) in [6.07, 6.45) is 1.35. The number of carbonyl (C=O) groups excluding carboxylic acids is 1. The van der Waals surface area contributed by atoms with E-state index in [4.69, 9.17) is 9.15 Å². The average molecular weight is 312 g/mol. The molecule has 4 rings (SSSR count). The Kier molecular flexibility index (Phi) is 3.34. The van der Waals surface area contributed by atoms with E-state index >= 15 is 0 Å². The lowest BCUT2D eigenvalue weighted by molar-refractivity contribution is -0.0289. The van der Waals surface area contributed by atoms with Gasteiger partial charge in [0, 0.05) is 19.0 Å². The van der Waals surface area contributed by atoms with E-state index in [1.807, 2.05) is 31.3 Å². The minimum Gasteiger partial charge on any atom is -0.451 e. The second kappa shape index (κ2) is 5.51. The van der Waals surface area contributed by atoms with Crippen LogP contribution < -0.4 is 0 Å². The fraction of sp³-hybridized carbons (Fsp3) is 0.312. The molecule has 7 nitrogen and oxygen atoms in total. The first-order chi connectivity index (χ1) is 11.2. The molecule has 1 amide bonds. The maximum atomic E-state index is 12.7. The number of fused-ring (bicyclic) bond motifs is 1. The molecule has 7 heteroatoms. The summed E-state index contributed by atoms with van der Waals surface area (Å²) in [4.78, 5) is 14.4. The minimum atomic E-state index is -0.274. The number of aryl methyl sites for hydroxylation is 1. The maximum Gasteiger partial charge on any atom is 0.289 e. The van der Waals surface area contributed by atoms with E-state index < -0.39 is 0 Å². The number of benzene rings is 1. The number of rotatable bonds is 2. The number of nitrogens with zero attached hydrogens (tertiary/aromatic N) is 4. The van der Waals surface area contributed by atoms with Crippen LogP contribution in [0, 0.1) is 0 Å². The second-order valence-electron chi connectivity index (χ2n) is 5.56. The van der Waals surface area contributed by atoms with Crippen LogP contribution in [0.15, 0.2) is 41.1 Å². The zero-order chi connectivity index (χ0) is 15.8. The monoisotopic (exact) mass is 312 g/mol. The van der Waals surface area contributed by atoms with Gasteiger partial charge < -0.3 is 18.6 Å². The Bertz CT molecular complexity index is 821. The standard InChI is InChI=1S/C16H16N4O3/c1-19-10-17-18-15(19)14-9-20(6-7-22-14)16(21)13-8-11-4-2-3-5-12(11)23-13/h2-5,8,10,14H,6-7,9H2,1H3/t14-/m1/s1. The van der Waals surface area contributed by atoms with Crippen LogP contribution in [-0.2, 0) is 11.8 Å². The molecule has 0 unspecified atom stereocenters. The molecule has 0 saturated carbocycles. The summed E-state index contributed by atoms with van der Waals surface area (Å²) in [6, 6.07) is 9.37. The van der Waals surface area contributed by atoms with Gasteiger partial charge >= 0.3 is 0 Å². The second-order valence-corrected chi connectivity index (χ2v) is 5.56. The highest BCUT2D eigenvalue weighted by Gasteiger charge is 2.30. The highest BCUT2D eigenvalue weighted by molar-refractivity contribution is 5.96. The fourth-order valence-electron chi connectivity index (χ4n) is 2.82. The predicted octanol–water partition coefficient (Wildman–Crippen LogP) is 1.77. The zero-order valence-corrected chi connectivity index (χ0v) is 12.7. The third-order valence-electron chi connectivity index (χ3n) is 4.02. The molecule has 0 bridgehead atoms. The van der Waals surface area contributed by atoms with Crippen molar-refractivity contribution < 1.29 is 13.9 Å². The van der Waals surface area contributed by atoms with Crippen LogP contribution in [0.3, 0.4) is 0 Å². The smallest absolute Gasteiger partial charge is 0.289 e. The number of para-hydroxylation sites is 1. The van der Waals surface area contributed by atoms with Crippen LogP contribution in [0.5, 0.6) is 0 Å². The van der Waals surface area contributed by atoms with Gasteiger partial charge in [0.2, 0.25) is 0 Å². The first-order valence-electron chi connectivity index (χ1n) is 7.46. The van der Waals surface area contributed by atoms with Crippen molar-refractivity contribution in [2.45, 2.75) is 6.10 Å². The SMILES string of the molecule is Cn1cnnc1[C@H]1CN(C(=O)c2cc3ccccc3o2)CCO1. The van der Waals surface area contributed by atoms with Crippen molar-refractivity contribution in [1.29, 1.82) is 0 Å². The molecule has 2 aromatic heterocycles. The van der Waals surface area contributed by atoms with Gasteiger partial charge in [0.25, 0.3) is 5.91 Å². The number of aromatic nitrogens is 3. The van der Waals surface area contributed by atoms with E-state index in [-0.39, 0.29) is 12.0 Å². The molecule has 0 radical (unpaired) electrons. The molecular formula is C16H16N4O3. The number of morpholine rings is 1. The van der Waals surface area contributed by atoms with Crippen molar-refractivity contribution in [1.82, 2.24) is 19.7 Å². The fourth-order valence-corrected chi connectivity index (χ4v) is 2.82. The van der Waals surface area contributed by atoms with Gasteiger partial charge in [-0.15, -0.1) is 10.2 Å². The van der Waals surface area contributed by atoms with Crippen LogP contribution in [0.1, 0.15) is 22.5 Å². The molecule has 1 aliphatic rings. The lowest BCUT2D eigenvalue weighted by Gasteiger charge is -2.31. The summed E-state index contributed by atoms with van der Waals surface area (Å²) < 4.78 is 13.2. The van der Waals surface area contributed by atoms with Crippen molar-refractivity contribution in [2.75, 3.05) is 19.7 Å². The van der Waals surface area contributed by atoms with Gasteiger partial charge in [-0.05, 0) is 12.1 Å². The Hall–Kier alpha value is -2.67. The molecule has 0 N–H and O–H groups in total. The summed E-state index contributed by atoms with van der Waals surface area (Å²) in [5.41, 5.74) is 0.717. The normalized spacial score (nSPS) is 18.5. The molecule has 3 heterocycles. The Morgan fingerprint density at radius 2 is 2.22 bits per heavy atom. The van der Waals surface area contributed by atoms with Gasteiger partial charge in [0.05, 0.1) is 13.2 Å². The van der Waals surface area contributed by atoms with Crippen LogP contribution >= 0.6 is 0 Å². The molecule has 23 heavy (non-hydrogen) atoms. The number of hydrogen-bond acceptors (Lipinski definition) is 5. The Morgan fingerprint density at radius 3 is 3.00 bits per heavy atom. The lowest BCUT2D eigenvalue weighted by Crippen LogP contribution is -2.42. The third kappa shape index (κ3) is 2.49. The van der Waals surface area contributed by atoms with Crippen molar-refractivity contribution in [3.8, 4) is 0 Å². The molecule has 0 aliphatic carbocycles. The Balaban J connectivity index is 1.57. The van der Waals surface area contributed by atoms with Gasteiger partial charge in [0.1, 0.15) is 18.0 Å². The quantitative estimate of drug-likeness (QED) is 0.721. The van der Waals surface area contributed by atoms with E-state index in [9.17, 15) is 4.79 Å². The van der Waals surface area contributed by atoms with Crippen LogP contribution in [0.2, 0.25) is 0 Å². The van der Waals surface area contributed by atoms with Crippen molar-refractivity contribution >= 4 is 16.9 Å². The summed E-state index contributed by atoms with van der Waals surface area (Å²) in [5.74, 6) is 0.939. The van der Waals surface area contributed by atoms with E-state index in [0.29, 0.717) is 36.9 Å². The molecule has 1 atom stereocenters. The number of ether oxygens (including phenoxy) is 1.